The molecule has 0 aliphatic heterocycles. The highest BCUT2D eigenvalue weighted by atomic mass is 15.1. The Hall–Kier alpha value is -12.5. The van der Waals surface area contributed by atoms with Crippen molar-refractivity contribution in [2.75, 3.05) is 0 Å². The lowest BCUT2D eigenvalue weighted by molar-refractivity contribution is 1.05. The standard InChI is InChI=1S/C74H40N10/c75-41-46-35-69(83-65-31-27-49(57-23-11-7-19-53(57)42-76)37-61(65)62-38-50(28-32-66(62)83)58-24-12-8-20-54(58)43-77)71(74-81-72(47-15-3-1-4-16-47)80-73(82-74)48-17-5-2-6-18-48)70(36-46)84-67-33-29-51(59-25-13-9-21-55(59)44-78)39-63(67)64-40-52(30-34-68(64)84)60-26-14-10-22-56(60)45-79/h1-40H. The highest BCUT2D eigenvalue weighted by Crippen LogP contribution is 2.46. The molecule has 10 heteroatoms. The van der Waals surface area contributed by atoms with Crippen molar-refractivity contribution in [3.05, 3.63) is 270 Å². The highest BCUT2D eigenvalue weighted by Gasteiger charge is 2.28. The molecule has 0 bridgehead atoms. The summed E-state index contributed by atoms with van der Waals surface area (Å²) >= 11 is 0. The van der Waals surface area contributed by atoms with Gasteiger partial charge in [-0.3, -0.25) is 0 Å². The van der Waals surface area contributed by atoms with Gasteiger partial charge in [-0.15, -0.1) is 0 Å². The molecule has 14 aromatic rings. The molecule has 10 nitrogen and oxygen atoms in total. The second kappa shape index (κ2) is 20.6. The quantitative estimate of drug-likeness (QED) is 0.138. The number of aromatic nitrogens is 5. The lowest BCUT2D eigenvalue weighted by Crippen LogP contribution is -2.08. The van der Waals surface area contributed by atoms with E-state index in [1.54, 1.807) is 0 Å². The lowest BCUT2D eigenvalue weighted by Gasteiger charge is -2.21. The van der Waals surface area contributed by atoms with Crippen molar-refractivity contribution in [2.24, 2.45) is 0 Å². The fourth-order valence-electron chi connectivity index (χ4n) is 11.7. The smallest absolute Gasteiger partial charge is 0.168 e. The number of nitrogens with zero attached hydrogens (tertiary/aromatic N) is 10. The van der Waals surface area contributed by atoms with E-state index in [0.717, 1.165) is 99.2 Å². The molecule has 3 aromatic heterocycles. The van der Waals surface area contributed by atoms with Gasteiger partial charge in [0.15, 0.2) is 17.5 Å². The van der Waals surface area contributed by atoms with Crippen LogP contribution in [0.2, 0.25) is 0 Å². The summed E-state index contributed by atoms with van der Waals surface area (Å²) in [5.41, 5.74) is 15.4. The molecule has 0 saturated carbocycles. The zero-order chi connectivity index (χ0) is 56.8. The van der Waals surface area contributed by atoms with Crippen molar-refractivity contribution in [3.8, 4) is 120 Å². The van der Waals surface area contributed by atoms with E-state index in [1.165, 1.54) is 0 Å². The van der Waals surface area contributed by atoms with E-state index in [9.17, 15) is 26.3 Å². The first-order valence-corrected chi connectivity index (χ1v) is 27.0. The van der Waals surface area contributed by atoms with Gasteiger partial charge in [-0.05, 0) is 129 Å². The molecule has 386 valence electrons. The molecule has 0 saturated heterocycles. The van der Waals surface area contributed by atoms with Crippen molar-refractivity contribution < 1.29 is 0 Å². The van der Waals surface area contributed by atoms with Gasteiger partial charge in [0.2, 0.25) is 0 Å². The molecule has 0 aliphatic rings. The molecule has 3 heterocycles. The third kappa shape index (κ3) is 8.35. The van der Waals surface area contributed by atoms with Gasteiger partial charge in [-0.1, -0.05) is 158 Å². The molecule has 0 unspecified atom stereocenters. The number of benzene rings is 11. The molecule has 0 atom stereocenters. The van der Waals surface area contributed by atoms with Crippen molar-refractivity contribution in [2.45, 2.75) is 0 Å². The predicted molar refractivity (Wildman–Crippen MR) is 330 cm³/mol. The zero-order valence-electron chi connectivity index (χ0n) is 44.6. The first-order chi connectivity index (χ1) is 41.4. The second-order valence-electron chi connectivity index (χ2n) is 20.3. The van der Waals surface area contributed by atoms with Crippen LogP contribution in [0.1, 0.15) is 27.8 Å². The molecular weight excluding hydrogens is 1030 g/mol. The molecule has 84 heavy (non-hydrogen) atoms. The van der Waals surface area contributed by atoms with Crippen LogP contribution in [0.4, 0.5) is 0 Å². The van der Waals surface area contributed by atoms with Crippen molar-refractivity contribution >= 4 is 43.6 Å². The third-order valence-electron chi connectivity index (χ3n) is 15.6. The molecule has 14 rings (SSSR count). The van der Waals surface area contributed by atoms with E-state index >= 15 is 0 Å². The van der Waals surface area contributed by atoms with E-state index in [2.05, 4.69) is 88.0 Å². The Morgan fingerprint density at radius 2 is 0.548 bits per heavy atom. The third-order valence-corrected chi connectivity index (χ3v) is 15.6. The maximum atomic E-state index is 11.4. The van der Waals surface area contributed by atoms with Gasteiger partial charge < -0.3 is 9.13 Å². The number of hydrogen-bond donors (Lipinski definition) is 0. The van der Waals surface area contributed by atoms with Gasteiger partial charge >= 0.3 is 0 Å². The topological polar surface area (TPSA) is 167 Å². The second-order valence-corrected chi connectivity index (χ2v) is 20.3. The summed E-state index contributed by atoms with van der Waals surface area (Å²) in [7, 11) is 0. The summed E-state index contributed by atoms with van der Waals surface area (Å²) in [5, 5.41) is 56.3. The summed E-state index contributed by atoms with van der Waals surface area (Å²) in [6, 6.07) is 90.5. The number of nitriles is 5. The minimum atomic E-state index is 0.334. The molecule has 0 spiro atoms. The van der Waals surface area contributed by atoms with E-state index in [-0.39, 0.29) is 0 Å². The lowest BCUT2D eigenvalue weighted by atomic mass is 9.96. The number of hydrogen-bond acceptors (Lipinski definition) is 8. The molecular formula is C74H40N10. The van der Waals surface area contributed by atoms with Gasteiger partial charge in [0, 0.05) is 32.7 Å². The van der Waals surface area contributed by atoms with E-state index in [4.69, 9.17) is 15.0 Å². The van der Waals surface area contributed by atoms with E-state index in [1.807, 2.05) is 194 Å². The van der Waals surface area contributed by atoms with Gasteiger partial charge in [-0.2, -0.15) is 26.3 Å². The molecule has 0 fully saturated rings. The fraction of sp³-hybridized carbons (Fsp3) is 0. The van der Waals surface area contributed by atoms with Crippen LogP contribution < -0.4 is 0 Å². The van der Waals surface area contributed by atoms with E-state index in [0.29, 0.717) is 62.2 Å². The Kier molecular flexibility index (Phi) is 12.2. The van der Waals surface area contributed by atoms with Crippen LogP contribution in [0.3, 0.4) is 0 Å². The van der Waals surface area contributed by atoms with Crippen molar-refractivity contribution in [1.29, 1.82) is 26.3 Å². The average Bonchev–Trinajstić information content (AvgIpc) is 3.75. The zero-order valence-corrected chi connectivity index (χ0v) is 44.6. The van der Waals surface area contributed by atoms with Gasteiger partial charge in [0.25, 0.3) is 0 Å². The van der Waals surface area contributed by atoms with Crippen LogP contribution in [0.15, 0.2) is 243 Å². The monoisotopic (exact) mass is 1070 g/mol. The summed E-state index contributed by atoms with van der Waals surface area (Å²) in [6.07, 6.45) is 0. The minimum absolute atomic E-state index is 0.334. The van der Waals surface area contributed by atoms with Crippen molar-refractivity contribution in [3.63, 3.8) is 0 Å². The minimum Gasteiger partial charge on any atom is -0.308 e. The Balaban J connectivity index is 1.15. The normalized spacial score (nSPS) is 11.0. The number of rotatable bonds is 9. The SMILES string of the molecule is N#Cc1cc(-n2c3ccc(-c4ccccc4C#N)cc3c3cc(-c4ccccc4C#N)ccc32)c(-c2nc(-c3ccccc3)nc(-c3ccccc3)n2)c(-n2c3ccc(-c4ccccc4C#N)cc3c3cc(-c4ccccc4C#N)ccc32)c1. The van der Waals surface area contributed by atoms with Gasteiger partial charge in [0.05, 0.1) is 97.2 Å². The summed E-state index contributed by atoms with van der Waals surface area (Å²) in [5.74, 6) is 1.21. The van der Waals surface area contributed by atoms with Gasteiger partial charge in [0.1, 0.15) is 0 Å². The van der Waals surface area contributed by atoms with Crippen LogP contribution in [-0.4, -0.2) is 24.1 Å². The number of fused-ring (bicyclic) bond motifs is 6. The van der Waals surface area contributed by atoms with Crippen LogP contribution in [-0.2, 0) is 0 Å². The van der Waals surface area contributed by atoms with E-state index < -0.39 is 0 Å². The molecule has 0 radical (unpaired) electrons. The average molecular weight is 1070 g/mol. The summed E-state index contributed by atoms with van der Waals surface area (Å²) in [4.78, 5) is 16.1. The Bertz CT molecular complexity index is 4720. The first kappa shape index (κ1) is 49.8. The first-order valence-electron chi connectivity index (χ1n) is 27.0. The Morgan fingerprint density at radius 3 is 0.845 bits per heavy atom. The van der Waals surface area contributed by atoms with Crippen LogP contribution in [0, 0.1) is 56.7 Å². The Labute approximate surface area is 482 Å². The molecule has 0 amide bonds. The van der Waals surface area contributed by atoms with Crippen LogP contribution in [0.25, 0.3) is 134 Å². The molecule has 0 N–H and O–H groups in total. The molecule has 0 aliphatic carbocycles. The predicted octanol–water partition coefficient (Wildman–Crippen LogP) is 17.1. The highest BCUT2D eigenvalue weighted by molar-refractivity contribution is 6.14. The summed E-state index contributed by atoms with van der Waals surface area (Å²) < 4.78 is 4.33. The van der Waals surface area contributed by atoms with Crippen LogP contribution >= 0.6 is 0 Å². The maximum absolute atomic E-state index is 11.4. The largest absolute Gasteiger partial charge is 0.308 e. The maximum Gasteiger partial charge on any atom is 0.168 e. The summed E-state index contributed by atoms with van der Waals surface area (Å²) in [6.45, 7) is 0. The van der Waals surface area contributed by atoms with Crippen LogP contribution in [0.5, 0.6) is 0 Å². The van der Waals surface area contributed by atoms with Crippen molar-refractivity contribution in [1.82, 2.24) is 24.1 Å². The molecule has 11 aromatic carbocycles. The van der Waals surface area contributed by atoms with Gasteiger partial charge in [-0.25, -0.2) is 15.0 Å². The fourth-order valence-corrected chi connectivity index (χ4v) is 11.7. The Morgan fingerprint density at radius 1 is 0.262 bits per heavy atom.